The zero-order chi connectivity index (χ0) is 18.5. The van der Waals surface area contributed by atoms with Crippen molar-refractivity contribution in [3.05, 3.63) is 29.3 Å². The molecule has 0 aliphatic rings. The topological polar surface area (TPSA) is 52.3 Å². The van der Waals surface area contributed by atoms with Crippen LogP contribution < -0.4 is 10.5 Å². The summed E-state index contributed by atoms with van der Waals surface area (Å²) in [5.74, 6) is 0.393. The fourth-order valence-electron chi connectivity index (χ4n) is 2.65. The summed E-state index contributed by atoms with van der Waals surface area (Å²) in [6, 6.07) is 6.40. The van der Waals surface area contributed by atoms with Crippen LogP contribution in [0.15, 0.2) is 18.2 Å². The molecule has 0 unspecified atom stereocenters. The van der Waals surface area contributed by atoms with Crippen molar-refractivity contribution in [2.75, 3.05) is 0 Å². The second kappa shape index (κ2) is 8.04. The van der Waals surface area contributed by atoms with E-state index in [4.69, 9.17) is 10.5 Å². The minimum absolute atomic E-state index is 0.0242. The van der Waals surface area contributed by atoms with Crippen LogP contribution in [0.4, 0.5) is 0 Å². The minimum Gasteiger partial charge on any atom is -0.480 e. The van der Waals surface area contributed by atoms with Gasteiger partial charge < -0.3 is 10.5 Å². The molecular weight excluding hydrogens is 298 g/mol. The number of rotatable bonds is 9. The van der Waals surface area contributed by atoms with Crippen LogP contribution in [-0.4, -0.2) is 12.0 Å². The molecule has 0 fully saturated rings. The van der Waals surface area contributed by atoms with Crippen molar-refractivity contribution >= 4 is 5.91 Å². The van der Waals surface area contributed by atoms with Gasteiger partial charge in [0.15, 0.2) is 6.10 Å². The molecule has 0 radical (unpaired) electrons. The molecule has 136 valence electrons. The summed E-state index contributed by atoms with van der Waals surface area (Å²) in [5.41, 5.74) is 8.07. The number of hydrogen-bond acceptors (Lipinski definition) is 2. The number of nitrogens with two attached hydrogens (primary N) is 1. The van der Waals surface area contributed by atoms with Crippen LogP contribution in [-0.2, 0) is 15.6 Å². The number of benzene rings is 1. The normalized spacial score (nSPS) is 13.6. The maximum absolute atomic E-state index is 11.7. The van der Waals surface area contributed by atoms with Gasteiger partial charge in [0.2, 0.25) is 0 Å². The number of amides is 1. The molecule has 0 aliphatic heterocycles. The van der Waals surface area contributed by atoms with Gasteiger partial charge in [-0.05, 0) is 41.7 Å². The summed E-state index contributed by atoms with van der Waals surface area (Å²) in [5, 5.41) is 0. The minimum atomic E-state index is -0.563. The highest BCUT2D eigenvalue weighted by Gasteiger charge is 2.28. The number of carbonyl (C=O) groups is 1. The SMILES string of the molecule is CCC[C@H](Oc1ccc(C(C)(C)CC)cc1C(C)(C)CC)C(N)=O. The molecule has 0 saturated heterocycles. The van der Waals surface area contributed by atoms with E-state index in [0.717, 1.165) is 30.6 Å². The van der Waals surface area contributed by atoms with Gasteiger partial charge in [0.05, 0.1) is 0 Å². The van der Waals surface area contributed by atoms with Crippen molar-refractivity contribution in [3.8, 4) is 5.75 Å². The molecule has 0 saturated carbocycles. The summed E-state index contributed by atoms with van der Waals surface area (Å²) in [6.07, 6.45) is 3.00. The largest absolute Gasteiger partial charge is 0.480 e. The Kier molecular flexibility index (Phi) is 6.88. The van der Waals surface area contributed by atoms with E-state index in [-0.39, 0.29) is 10.8 Å². The third kappa shape index (κ3) is 4.75. The molecule has 0 spiro atoms. The molecule has 1 atom stereocenters. The summed E-state index contributed by atoms with van der Waals surface area (Å²) >= 11 is 0. The average molecular weight is 334 g/mol. The van der Waals surface area contributed by atoms with Crippen LogP contribution in [0.25, 0.3) is 0 Å². The Hall–Kier alpha value is -1.51. The fraction of sp³-hybridized carbons (Fsp3) is 0.667. The number of primary amides is 1. The van der Waals surface area contributed by atoms with Crippen molar-refractivity contribution < 1.29 is 9.53 Å². The quantitative estimate of drug-likeness (QED) is 0.684. The van der Waals surface area contributed by atoms with E-state index in [9.17, 15) is 4.79 Å². The smallest absolute Gasteiger partial charge is 0.258 e. The summed E-state index contributed by atoms with van der Waals surface area (Å²) in [6.45, 7) is 15.4. The molecule has 3 heteroatoms. The second-order valence-electron chi connectivity index (χ2n) is 7.98. The van der Waals surface area contributed by atoms with Crippen molar-refractivity contribution in [2.24, 2.45) is 5.73 Å². The molecule has 1 aromatic rings. The molecule has 3 nitrogen and oxygen atoms in total. The van der Waals surface area contributed by atoms with Crippen molar-refractivity contribution in [1.29, 1.82) is 0 Å². The molecular formula is C21H35NO2. The molecule has 0 aromatic heterocycles. The summed E-state index contributed by atoms with van der Waals surface area (Å²) in [7, 11) is 0. The standard InChI is InChI=1S/C21H35NO2/c1-8-11-18(19(22)23)24-17-13-12-15(20(4,5)9-2)14-16(17)21(6,7)10-3/h12-14,18H,8-11H2,1-7H3,(H2,22,23)/t18-/m0/s1. The molecule has 1 amide bonds. The van der Waals surface area contributed by atoms with Gasteiger partial charge in [0, 0.05) is 5.56 Å². The molecule has 2 N–H and O–H groups in total. The molecule has 1 aromatic carbocycles. The van der Waals surface area contributed by atoms with E-state index in [1.54, 1.807) is 0 Å². The van der Waals surface area contributed by atoms with Gasteiger partial charge in [-0.2, -0.15) is 0 Å². The highest BCUT2D eigenvalue weighted by molar-refractivity contribution is 5.79. The van der Waals surface area contributed by atoms with Crippen LogP contribution >= 0.6 is 0 Å². The van der Waals surface area contributed by atoms with Gasteiger partial charge in [-0.25, -0.2) is 0 Å². The first-order valence-electron chi connectivity index (χ1n) is 9.20. The van der Waals surface area contributed by atoms with E-state index in [1.165, 1.54) is 5.56 Å². The zero-order valence-electron chi connectivity index (χ0n) is 16.5. The predicted molar refractivity (Wildman–Crippen MR) is 102 cm³/mol. The van der Waals surface area contributed by atoms with Gasteiger partial charge in [-0.3, -0.25) is 4.79 Å². The van der Waals surface area contributed by atoms with Crippen LogP contribution in [0.2, 0.25) is 0 Å². The van der Waals surface area contributed by atoms with E-state index in [1.807, 2.05) is 13.0 Å². The Morgan fingerprint density at radius 3 is 2.12 bits per heavy atom. The Balaban J connectivity index is 3.36. The lowest BCUT2D eigenvalue weighted by Gasteiger charge is -2.31. The highest BCUT2D eigenvalue weighted by atomic mass is 16.5. The van der Waals surface area contributed by atoms with Gasteiger partial charge >= 0.3 is 0 Å². The maximum atomic E-state index is 11.7. The first kappa shape index (κ1) is 20.5. The van der Waals surface area contributed by atoms with Crippen LogP contribution in [0, 0.1) is 0 Å². The lowest BCUT2D eigenvalue weighted by Crippen LogP contribution is -2.34. The molecule has 0 bridgehead atoms. The number of ether oxygens (including phenoxy) is 1. The maximum Gasteiger partial charge on any atom is 0.258 e. The van der Waals surface area contributed by atoms with Gasteiger partial charge in [-0.1, -0.05) is 67.0 Å². The van der Waals surface area contributed by atoms with Crippen LogP contribution in [0.5, 0.6) is 5.75 Å². The molecule has 0 aliphatic carbocycles. The van der Waals surface area contributed by atoms with Gasteiger partial charge in [-0.15, -0.1) is 0 Å². The Morgan fingerprint density at radius 2 is 1.67 bits per heavy atom. The lowest BCUT2D eigenvalue weighted by molar-refractivity contribution is -0.125. The number of carbonyl (C=O) groups excluding carboxylic acids is 1. The van der Waals surface area contributed by atoms with E-state index < -0.39 is 12.0 Å². The lowest BCUT2D eigenvalue weighted by atomic mass is 9.76. The third-order valence-electron chi connectivity index (χ3n) is 5.40. The fourth-order valence-corrected chi connectivity index (χ4v) is 2.65. The van der Waals surface area contributed by atoms with Gasteiger partial charge in [0.1, 0.15) is 5.75 Å². The second-order valence-corrected chi connectivity index (χ2v) is 7.98. The Labute approximate surface area is 148 Å². The van der Waals surface area contributed by atoms with Crippen LogP contribution in [0.1, 0.15) is 85.3 Å². The van der Waals surface area contributed by atoms with E-state index in [0.29, 0.717) is 6.42 Å². The molecule has 0 heterocycles. The number of hydrogen-bond donors (Lipinski definition) is 1. The predicted octanol–water partition coefficient (Wildman–Crippen LogP) is 5.09. The van der Waals surface area contributed by atoms with Crippen molar-refractivity contribution in [3.63, 3.8) is 0 Å². The van der Waals surface area contributed by atoms with Crippen molar-refractivity contribution in [1.82, 2.24) is 0 Å². The summed E-state index contributed by atoms with van der Waals surface area (Å²) in [4.78, 5) is 11.7. The first-order valence-corrected chi connectivity index (χ1v) is 9.20. The monoisotopic (exact) mass is 333 g/mol. The highest BCUT2D eigenvalue weighted by Crippen LogP contribution is 2.38. The first-order chi connectivity index (χ1) is 11.1. The molecule has 24 heavy (non-hydrogen) atoms. The van der Waals surface area contributed by atoms with E-state index in [2.05, 4.69) is 53.7 Å². The third-order valence-corrected chi connectivity index (χ3v) is 5.40. The average Bonchev–Trinajstić information content (AvgIpc) is 2.54. The van der Waals surface area contributed by atoms with Gasteiger partial charge in [0.25, 0.3) is 5.91 Å². The van der Waals surface area contributed by atoms with Crippen molar-refractivity contribution in [2.45, 2.75) is 91.1 Å². The Morgan fingerprint density at radius 1 is 1.08 bits per heavy atom. The van der Waals surface area contributed by atoms with E-state index >= 15 is 0 Å². The van der Waals surface area contributed by atoms with Crippen LogP contribution in [0.3, 0.4) is 0 Å². The molecule has 1 rings (SSSR count). The summed E-state index contributed by atoms with van der Waals surface area (Å²) < 4.78 is 6.06. The Bertz CT molecular complexity index is 561. The zero-order valence-corrected chi connectivity index (χ0v) is 16.5.